The Morgan fingerprint density at radius 3 is 2.81 bits per heavy atom. The average Bonchev–Trinajstić information content (AvgIpc) is 2.70. The number of hydrogen-bond donors (Lipinski definition) is 2. The lowest BCUT2D eigenvalue weighted by molar-refractivity contribution is 0.102. The van der Waals surface area contributed by atoms with Gasteiger partial charge in [0.25, 0.3) is 5.91 Å². The third-order valence-corrected chi connectivity index (χ3v) is 4.52. The van der Waals surface area contributed by atoms with E-state index in [1.807, 2.05) is 24.3 Å². The van der Waals surface area contributed by atoms with Gasteiger partial charge in [0.1, 0.15) is 11.6 Å². The normalized spacial score (nSPS) is 13.7. The van der Waals surface area contributed by atoms with Gasteiger partial charge in [0, 0.05) is 12.7 Å². The summed E-state index contributed by atoms with van der Waals surface area (Å²) in [5.41, 5.74) is 2.69. The van der Waals surface area contributed by atoms with Crippen molar-refractivity contribution in [2.45, 2.75) is 32.1 Å². The molecule has 0 bridgehead atoms. The van der Waals surface area contributed by atoms with Crippen molar-refractivity contribution in [3.63, 3.8) is 0 Å². The summed E-state index contributed by atoms with van der Waals surface area (Å²) in [5, 5.41) is 6.17. The van der Waals surface area contributed by atoms with Gasteiger partial charge >= 0.3 is 0 Å². The molecule has 0 saturated carbocycles. The van der Waals surface area contributed by atoms with Gasteiger partial charge in [0.05, 0.1) is 18.4 Å². The second kappa shape index (κ2) is 9.04. The number of ether oxygens (including phenoxy) is 1. The number of para-hydroxylation sites is 2. The van der Waals surface area contributed by atoms with Gasteiger partial charge < -0.3 is 15.4 Å². The Morgan fingerprint density at radius 2 is 2.08 bits per heavy atom. The van der Waals surface area contributed by atoms with Gasteiger partial charge in [-0.25, -0.2) is 4.98 Å². The third kappa shape index (κ3) is 4.85. The number of carbonyl (C=O) groups excluding carboxylic acids is 1. The second-order valence-corrected chi connectivity index (χ2v) is 6.37. The summed E-state index contributed by atoms with van der Waals surface area (Å²) in [4.78, 5) is 16.7. The Bertz CT molecular complexity index is 769. The van der Waals surface area contributed by atoms with Crippen molar-refractivity contribution >= 4 is 17.4 Å². The minimum atomic E-state index is -0.207. The highest BCUT2D eigenvalue weighted by Crippen LogP contribution is 2.24. The van der Waals surface area contributed by atoms with Gasteiger partial charge in [-0.05, 0) is 56.4 Å². The molecule has 1 aromatic heterocycles. The van der Waals surface area contributed by atoms with Gasteiger partial charge in [-0.15, -0.1) is 0 Å². The number of allylic oxidation sites excluding steroid dienone is 1. The lowest BCUT2D eigenvalue weighted by Crippen LogP contribution is -2.13. The Balaban J connectivity index is 1.53. The molecule has 1 aromatic carbocycles. The molecule has 3 rings (SSSR count). The first kappa shape index (κ1) is 18.0. The van der Waals surface area contributed by atoms with Crippen LogP contribution in [-0.4, -0.2) is 24.5 Å². The van der Waals surface area contributed by atoms with E-state index in [1.165, 1.54) is 31.3 Å². The van der Waals surface area contributed by atoms with Crippen LogP contribution in [0.4, 0.5) is 11.5 Å². The highest BCUT2D eigenvalue weighted by molar-refractivity contribution is 6.04. The Hall–Kier alpha value is -2.82. The summed E-state index contributed by atoms with van der Waals surface area (Å²) in [6.07, 6.45) is 10.1. The van der Waals surface area contributed by atoms with E-state index in [0.29, 0.717) is 17.0 Å². The van der Waals surface area contributed by atoms with Crippen LogP contribution in [0.1, 0.15) is 42.5 Å². The largest absolute Gasteiger partial charge is 0.495 e. The molecule has 1 amide bonds. The van der Waals surface area contributed by atoms with Gasteiger partial charge in [-0.2, -0.15) is 0 Å². The van der Waals surface area contributed by atoms with Gasteiger partial charge in [-0.1, -0.05) is 23.8 Å². The molecule has 0 saturated heterocycles. The fourth-order valence-electron chi connectivity index (χ4n) is 3.06. The predicted octanol–water partition coefficient (Wildman–Crippen LogP) is 4.64. The molecule has 26 heavy (non-hydrogen) atoms. The number of benzene rings is 1. The van der Waals surface area contributed by atoms with Crippen LogP contribution in [0.2, 0.25) is 0 Å². The van der Waals surface area contributed by atoms with E-state index in [9.17, 15) is 4.79 Å². The van der Waals surface area contributed by atoms with E-state index in [4.69, 9.17) is 4.74 Å². The molecular weight excluding hydrogens is 326 g/mol. The Kier molecular flexibility index (Phi) is 6.25. The van der Waals surface area contributed by atoms with Crippen molar-refractivity contribution in [2.75, 3.05) is 24.3 Å². The molecular formula is C21H25N3O2. The fourth-order valence-corrected chi connectivity index (χ4v) is 3.06. The molecule has 5 nitrogen and oxygen atoms in total. The van der Waals surface area contributed by atoms with Gasteiger partial charge in [0.15, 0.2) is 0 Å². The fraction of sp³-hybridized carbons (Fsp3) is 0.333. The highest BCUT2D eigenvalue weighted by Gasteiger charge is 2.10. The van der Waals surface area contributed by atoms with Crippen LogP contribution in [0.5, 0.6) is 5.75 Å². The number of anilines is 2. The summed E-state index contributed by atoms with van der Waals surface area (Å²) in [6.45, 7) is 0.867. The number of hydrogen-bond acceptors (Lipinski definition) is 4. The smallest absolute Gasteiger partial charge is 0.257 e. The first-order chi connectivity index (χ1) is 12.8. The summed E-state index contributed by atoms with van der Waals surface area (Å²) in [5.74, 6) is 1.21. The van der Waals surface area contributed by atoms with E-state index in [-0.39, 0.29) is 5.91 Å². The van der Waals surface area contributed by atoms with Gasteiger partial charge in [0.2, 0.25) is 0 Å². The number of rotatable bonds is 7. The van der Waals surface area contributed by atoms with Crippen LogP contribution in [0.25, 0.3) is 0 Å². The zero-order valence-corrected chi connectivity index (χ0v) is 15.1. The zero-order valence-electron chi connectivity index (χ0n) is 15.1. The maximum atomic E-state index is 12.4. The predicted molar refractivity (Wildman–Crippen MR) is 105 cm³/mol. The molecule has 1 aliphatic rings. The number of nitrogens with zero attached hydrogens (tertiary/aromatic N) is 1. The van der Waals surface area contributed by atoms with Crippen molar-refractivity contribution in [3.05, 3.63) is 59.8 Å². The number of carbonyl (C=O) groups is 1. The number of nitrogens with one attached hydrogen (secondary N) is 2. The maximum absolute atomic E-state index is 12.4. The van der Waals surface area contributed by atoms with Crippen LogP contribution in [0, 0.1) is 0 Å². The van der Waals surface area contributed by atoms with Crippen LogP contribution in [-0.2, 0) is 0 Å². The molecule has 0 spiro atoms. The molecule has 1 heterocycles. The summed E-state index contributed by atoms with van der Waals surface area (Å²) in [6, 6.07) is 10.9. The lowest BCUT2D eigenvalue weighted by Gasteiger charge is -2.13. The number of methoxy groups -OCH3 is 1. The Morgan fingerprint density at radius 1 is 1.19 bits per heavy atom. The first-order valence-corrected chi connectivity index (χ1v) is 9.08. The van der Waals surface area contributed by atoms with E-state index in [1.54, 1.807) is 25.4 Å². The molecule has 0 aliphatic heterocycles. The SMILES string of the molecule is COc1ccccc1NC(=O)c1ccc(NCCC2=CCCCC2)nc1. The third-order valence-electron chi connectivity index (χ3n) is 4.52. The van der Waals surface area contributed by atoms with E-state index in [0.717, 1.165) is 18.8 Å². The van der Waals surface area contributed by atoms with E-state index >= 15 is 0 Å². The maximum Gasteiger partial charge on any atom is 0.257 e. The molecule has 0 unspecified atom stereocenters. The molecule has 5 heteroatoms. The van der Waals surface area contributed by atoms with Crippen molar-refractivity contribution in [1.82, 2.24) is 4.98 Å². The summed E-state index contributed by atoms with van der Waals surface area (Å²) < 4.78 is 5.25. The topological polar surface area (TPSA) is 63.2 Å². The molecule has 0 fully saturated rings. The van der Waals surface area contributed by atoms with Crippen molar-refractivity contribution in [2.24, 2.45) is 0 Å². The summed E-state index contributed by atoms with van der Waals surface area (Å²) in [7, 11) is 1.58. The average molecular weight is 351 g/mol. The number of aromatic nitrogens is 1. The molecule has 2 N–H and O–H groups in total. The van der Waals surface area contributed by atoms with Gasteiger partial charge in [-0.3, -0.25) is 4.79 Å². The summed E-state index contributed by atoms with van der Waals surface area (Å²) >= 11 is 0. The minimum absolute atomic E-state index is 0.207. The zero-order chi connectivity index (χ0) is 18.2. The molecule has 1 aliphatic carbocycles. The van der Waals surface area contributed by atoms with Crippen molar-refractivity contribution in [1.29, 1.82) is 0 Å². The number of pyridine rings is 1. The lowest BCUT2D eigenvalue weighted by atomic mass is 9.97. The number of amides is 1. The van der Waals surface area contributed by atoms with Crippen LogP contribution in [0.15, 0.2) is 54.2 Å². The second-order valence-electron chi connectivity index (χ2n) is 6.37. The Labute approximate surface area is 154 Å². The highest BCUT2D eigenvalue weighted by atomic mass is 16.5. The van der Waals surface area contributed by atoms with Crippen LogP contribution >= 0.6 is 0 Å². The van der Waals surface area contributed by atoms with E-state index < -0.39 is 0 Å². The molecule has 0 radical (unpaired) electrons. The monoisotopic (exact) mass is 351 g/mol. The molecule has 136 valence electrons. The molecule has 2 aromatic rings. The minimum Gasteiger partial charge on any atom is -0.495 e. The standard InChI is InChI=1S/C21H25N3O2/c1-26-19-10-6-5-9-18(19)24-21(25)17-11-12-20(23-15-17)22-14-13-16-7-3-2-4-8-16/h5-7,9-12,15H,2-4,8,13-14H2,1H3,(H,22,23)(H,24,25). The van der Waals surface area contributed by atoms with Crippen molar-refractivity contribution in [3.8, 4) is 5.75 Å². The van der Waals surface area contributed by atoms with E-state index in [2.05, 4.69) is 21.7 Å². The van der Waals surface area contributed by atoms with Crippen molar-refractivity contribution < 1.29 is 9.53 Å². The van der Waals surface area contributed by atoms with Crippen LogP contribution < -0.4 is 15.4 Å². The van der Waals surface area contributed by atoms with Crippen LogP contribution in [0.3, 0.4) is 0 Å². The first-order valence-electron chi connectivity index (χ1n) is 9.08. The quantitative estimate of drug-likeness (QED) is 0.713. The molecule has 0 atom stereocenters.